The number of alkyl carbamates (subject to hydrolysis) is 3. The highest BCUT2D eigenvalue weighted by Crippen LogP contribution is 2.35. The second kappa shape index (κ2) is 24.2. The van der Waals surface area contributed by atoms with E-state index < -0.39 is 132 Å². The normalized spacial score (nSPS) is 29.2. The molecule has 3 rings (SSSR count). The van der Waals surface area contributed by atoms with E-state index in [4.69, 9.17) is 37.9 Å². The fraction of sp³-hybridized carbons (Fsp3) is 0.844. The fourth-order valence-electron chi connectivity index (χ4n) is 7.57. The van der Waals surface area contributed by atoms with Gasteiger partial charge in [0.25, 0.3) is 0 Å². The Morgan fingerprint density at radius 2 is 1.26 bits per heavy atom. The van der Waals surface area contributed by atoms with Crippen LogP contribution in [0, 0.1) is 0 Å². The van der Waals surface area contributed by atoms with E-state index in [-0.39, 0.29) is 45.5 Å². The van der Waals surface area contributed by atoms with Crippen LogP contribution in [0.25, 0.3) is 0 Å². The van der Waals surface area contributed by atoms with Gasteiger partial charge >= 0.3 is 24.4 Å². The summed E-state index contributed by atoms with van der Waals surface area (Å²) in [5.74, 6) is -0.642. The van der Waals surface area contributed by atoms with Gasteiger partial charge in [-0.3, -0.25) is 4.79 Å². The molecule has 69 heavy (non-hydrogen) atoms. The summed E-state index contributed by atoms with van der Waals surface area (Å²) in [7, 11) is 1.31. The van der Waals surface area contributed by atoms with Crippen molar-refractivity contribution < 1.29 is 87.4 Å². The predicted molar refractivity (Wildman–Crippen MR) is 245 cm³/mol. The number of nitrogens with zero attached hydrogens (tertiary/aromatic N) is 1. The number of likely N-dealkylation sites (N-methyl/N-ethyl adjacent to an activating group) is 1. The molecule has 5 amide bonds. The third-order valence-electron chi connectivity index (χ3n) is 10.3. The first-order valence-corrected chi connectivity index (χ1v) is 23.2. The number of hydrogen-bond acceptors (Lipinski definition) is 19. The zero-order valence-electron chi connectivity index (χ0n) is 42.6. The average molecular weight is 993 g/mol. The van der Waals surface area contributed by atoms with Crippen LogP contribution in [0.1, 0.15) is 109 Å². The first kappa shape index (κ1) is 59.0. The Morgan fingerprint density at radius 1 is 0.754 bits per heavy atom. The molecule has 398 valence electrons. The third-order valence-corrected chi connectivity index (χ3v) is 10.3. The van der Waals surface area contributed by atoms with Gasteiger partial charge in [0, 0.05) is 20.1 Å². The topological polar surface area (TPSA) is 324 Å². The molecule has 1 saturated carbocycles. The van der Waals surface area contributed by atoms with E-state index in [2.05, 4.69) is 26.6 Å². The van der Waals surface area contributed by atoms with E-state index in [1.165, 1.54) is 14.0 Å². The Labute approximate surface area is 404 Å². The van der Waals surface area contributed by atoms with Crippen molar-refractivity contribution in [3.05, 3.63) is 11.8 Å². The first-order chi connectivity index (χ1) is 31.6. The van der Waals surface area contributed by atoms with Crippen molar-refractivity contribution in [2.75, 3.05) is 39.9 Å². The van der Waals surface area contributed by atoms with Gasteiger partial charge in [-0.25, -0.2) is 19.2 Å². The lowest BCUT2D eigenvalue weighted by molar-refractivity contribution is -0.311. The van der Waals surface area contributed by atoms with Crippen molar-refractivity contribution >= 4 is 30.3 Å². The molecule has 0 aromatic carbocycles. The van der Waals surface area contributed by atoms with E-state index in [0.29, 0.717) is 5.76 Å². The molecule has 0 aromatic rings. The van der Waals surface area contributed by atoms with Gasteiger partial charge in [0.2, 0.25) is 12.2 Å². The number of hydrogen-bond donors (Lipinski definition) is 10. The van der Waals surface area contributed by atoms with Crippen LogP contribution < -0.4 is 26.6 Å². The molecule has 24 nitrogen and oxygen atoms in total. The predicted octanol–water partition coefficient (Wildman–Crippen LogP) is 0.984. The Bertz CT molecular complexity index is 1760. The minimum Gasteiger partial charge on any atom is -0.466 e. The molecule has 24 heteroatoms. The van der Waals surface area contributed by atoms with Crippen LogP contribution in [0.4, 0.5) is 19.2 Å². The number of aliphatic hydroxyl groups is 5. The molecular formula is C45H80N6O18. The van der Waals surface area contributed by atoms with Gasteiger partial charge < -0.3 is 94.9 Å². The molecule has 0 spiro atoms. The minimum atomic E-state index is -1.90. The van der Waals surface area contributed by atoms with E-state index >= 15 is 0 Å². The molecule has 12 atom stereocenters. The summed E-state index contributed by atoms with van der Waals surface area (Å²) in [6.07, 6.45) is -14.0. The van der Waals surface area contributed by atoms with Crippen LogP contribution in [0.15, 0.2) is 11.8 Å². The monoisotopic (exact) mass is 993 g/mol. The van der Waals surface area contributed by atoms with Gasteiger partial charge in [-0.2, -0.15) is 0 Å². The SMILES string of the molecule is CN(C(=O)OC(C)(C)C)[C@@H]1[C@@H](O)[C@@H](O[C@@H]2[C@@H](O)[C@H](O[C@@H]3OC(CNCCO)=CC[C@@H]3NC(=O)OC(C)(C)C)[C@@H](NC(=O)OC(C)(C)C)C[C@H]2NC(=O)[C@H](O)CCNC(=O)OC(C)(C)C)OC[C@]1(C)O. The Kier molecular flexibility index (Phi) is 20.7. The van der Waals surface area contributed by atoms with E-state index in [0.717, 1.165) is 4.90 Å². The summed E-state index contributed by atoms with van der Waals surface area (Å²) in [4.78, 5) is 67.0. The van der Waals surface area contributed by atoms with Gasteiger partial charge in [0.15, 0.2) is 6.29 Å². The van der Waals surface area contributed by atoms with Gasteiger partial charge in [-0.05, 0) is 115 Å². The van der Waals surface area contributed by atoms with Crippen molar-refractivity contribution in [2.24, 2.45) is 0 Å². The van der Waals surface area contributed by atoms with Gasteiger partial charge in [-0.1, -0.05) is 0 Å². The van der Waals surface area contributed by atoms with Crippen molar-refractivity contribution in [1.82, 2.24) is 31.5 Å². The summed E-state index contributed by atoms with van der Waals surface area (Å²) in [6.45, 7) is 20.6. The van der Waals surface area contributed by atoms with E-state index in [1.807, 2.05) is 0 Å². The van der Waals surface area contributed by atoms with Crippen LogP contribution in [-0.4, -0.2) is 196 Å². The molecule has 1 saturated heterocycles. The number of aliphatic hydroxyl groups excluding tert-OH is 4. The molecule has 0 aromatic heterocycles. The molecule has 1 aliphatic carbocycles. The molecular weight excluding hydrogens is 913 g/mol. The molecule has 2 fully saturated rings. The number of carbonyl (C=O) groups is 5. The van der Waals surface area contributed by atoms with Crippen LogP contribution in [0.5, 0.6) is 0 Å². The zero-order chi connectivity index (χ0) is 52.4. The smallest absolute Gasteiger partial charge is 0.410 e. The maximum absolute atomic E-state index is 13.8. The van der Waals surface area contributed by atoms with Crippen molar-refractivity contribution in [3.8, 4) is 0 Å². The number of carbonyl (C=O) groups excluding carboxylic acids is 5. The van der Waals surface area contributed by atoms with Gasteiger partial charge in [0.1, 0.15) is 64.3 Å². The summed E-state index contributed by atoms with van der Waals surface area (Å²) < 4.78 is 46.8. The molecule has 2 heterocycles. The second-order valence-electron chi connectivity index (χ2n) is 21.6. The Balaban J connectivity index is 2.10. The van der Waals surface area contributed by atoms with Crippen molar-refractivity contribution in [1.29, 1.82) is 0 Å². The summed E-state index contributed by atoms with van der Waals surface area (Å²) in [6, 6.07) is -5.00. The van der Waals surface area contributed by atoms with Gasteiger partial charge in [0.05, 0.1) is 43.9 Å². The number of amides is 5. The van der Waals surface area contributed by atoms with Gasteiger partial charge in [-0.15, -0.1) is 0 Å². The summed E-state index contributed by atoms with van der Waals surface area (Å²) >= 11 is 0. The standard InChI is InChI=1S/C45H80N6O18/c1-41(2,3)66-37(57)47-18-17-28(53)34(56)48-26-21-27(50-39(59)68-43(7,8)9)32(64-35-25(49-38(58)67-42(4,5)6)16-15-24(63-35)22-46-19-20-52)29(54)31(26)65-36-30(55)33(45(13,61)23-62-36)51(14)40(60)69-44(10,11)12/h15,25-33,35-36,46,52-55,61H,16-23H2,1-14H3,(H,47,57)(H,48,56)(H,49,58)(H,50,59)/t25-,26+,27-,28+,29+,30+,31-,32+,33+,35-,36+,45-/m0/s1. The highest BCUT2D eigenvalue weighted by atomic mass is 16.7. The molecule has 0 unspecified atom stereocenters. The minimum absolute atomic E-state index is 0.126. The summed E-state index contributed by atoms with van der Waals surface area (Å²) in [5, 5.41) is 69.9. The maximum atomic E-state index is 13.8. The highest BCUT2D eigenvalue weighted by molar-refractivity contribution is 5.81. The van der Waals surface area contributed by atoms with Crippen LogP contribution in [0.2, 0.25) is 0 Å². The lowest BCUT2D eigenvalue weighted by Crippen LogP contribution is -2.71. The highest BCUT2D eigenvalue weighted by Gasteiger charge is 2.55. The molecule has 0 bridgehead atoms. The molecule has 10 N–H and O–H groups in total. The quantitative estimate of drug-likeness (QED) is 0.0761. The lowest BCUT2D eigenvalue weighted by atomic mass is 9.82. The number of rotatable bonds is 16. The largest absolute Gasteiger partial charge is 0.466 e. The third kappa shape index (κ3) is 19.5. The lowest BCUT2D eigenvalue weighted by Gasteiger charge is -2.50. The van der Waals surface area contributed by atoms with Crippen LogP contribution in [0.3, 0.4) is 0 Å². The van der Waals surface area contributed by atoms with Crippen molar-refractivity contribution in [3.63, 3.8) is 0 Å². The van der Waals surface area contributed by atoms with E-state index in [9.17, 15) is 49.5 Å². The number of ether oxygens (including phenoxy) is 8. The second-order valence-corrected chi connectivity index (χ2v) is 21.6. The number of nitrogens with one attached hydrogen (secondary N) is 5. The Morgan fingerprint density at radius 3 is 1.80 bits per heavy atom. The molecule has 3 aliphatic rings. The zero-order valence-corrected chi connectivity index (χ0v) is 42.6. The Hall–Kier alpha value is -4.27. The van der Waals surface area contributed by atoms with Crippen molar-refractivity contribution in [2.45, 2.75) is 205 Å². The molecule has 0 radical (unpaired) electrons. The molecule has 2 aliphatic heterocycles. The van der Waals surface area contributed by atoms with Crippen LogP contribution in [-0.2, 0) is 42.7 Å². The fourth-order valence-corrected chi connectivity index (χ4v) is 7.57. The van der Waals surface area contributed by atoms with Crippen LogP contribution >= 0.6 is 0 Å². The van der Waals surface area contributed by atoms with E-state index in [1.54, 1.807) is 89.2 Å². The summed E-state index contributed by atoms with van der Waals surface area (Å²) in [5.41, 5.74) is -5.53. The maximum Gasteiger partial charge on any atom is 0.410 e. The first-order valence-electron chi connectivity index (χ1n) is 23.2. The average Bonchev–Trinajstić information content (AvgIpc) is 3.16.